The van der Waals surface area contributed by atoms with Crippen molar-refractivity contribution >= 4 is 28.0 Å². The maximum Gasteiger partial charge on any atom is 0.350 e. The maximum absolute atomic E-state index is 11.7. The number of ether oxygens (including phenoxy) is 1. The minimum absolute atomic E-state index is 0.236. The highest BCUT2D eigenvalue weighted by atomic mass is 32.1. The smallest absolute Gasteiger partial charge is 0.350 e. The number of thiophene rings is 1. The standard InChI is InChI=1S/C15H21N3O2S/c1-18(9-10-6-4-3-5-7-10)14-11(8-16)12(17)13(21-14)15(19)20-2/h10H,3-7,9,17H2,1-2H3. The fraction of sp³-hybridized carbons (Fsp3) is 0.600. The van der Waals surface area contributed by atoms with E-state index in [1.165, 1.54) is 50.6 Å². The molecule has 6 heteroatoms. The third kappa shape index (κ3) is 3.30. The van der Waals surface area contributed by atoms with Gasteiger partial charge < -0.3 is 15.4 Å². The molecule has 2 rings (SSSR count). The lowest BCUT2D eigenvalue weighted by Gasteiger charge is -2.27. The van der Waals surface area contributed by atoms with Gasteiger partial charge in [-0.25, -0.2) is 4.79 Å². The molecular weight excluding hydrogens is 286 g/mol. The second-order valence-corrected chi connectivity index (χ2v) is 6.51. The summed E-state index contributed by atoms with van der Waals surface area (Å²) in [5, 5.41) is 10.1. The van der Waals surface area contributed by atoms with Crippen LogP contribution in [0.2, 0.25) is 0 Å². The number of esters is 1. The molecule has 1 aliphatic carbocycles. The van der Waals surface area contributed by atoms with Gasteiger partial charge >= 0.3 is 5.97 Å². The Morgan fingerprint density at radius 3 is 2.71 bits per heavy atom. The molecule has 114 valence electrons. The van der Waals surface area contributed by atoms with E-state index in [0.717, 1.165) is 11.5 Å². The van der Waals surface area contributed by atoms with Crippen LogP contribution in [-0.4, -0.2) is 26.7 Å². The number of nitrogens with two attached hydrogens (primary N) is 1. The number of rotatable bonds is 4. The monoisotopic (exact) mass is 307 g/mol. The lowest BCUT2D eigenvalue weighted by Crippen LogP contribution is -2.26. The number of hydrogen-bond acceptors (Lipinski definition) is 6. The van der Waals surface area contributed by atoms with Crippen LogP contribution < -0.4 is 10.6 Å². The van der Waals surface area contributed by atoms with E-state index in [2.05, 4.69) is 11.0 Å². The molecule has 0 aromatic carbocycles. The van der Waals surface area contributed by atoms with Crippen molar-refractivity contribution in [3.05, 3.63) is 10.4 Å². The molecule has 1 saturated carbocycles. The van der Waals surface area contributed by atoms with Crippen molar-refractivity contribution in [2.45, 2.75) is 32.1 Å². The SMILES string of the molecule is COC(=O)c1sc(N(C)CC2CCCCC2)c(C#N)c1N. The van der Waals surface area contributed by atoms with E-state index in [0.29, 0.717) is 16.4 Å². The molecule has 1 heterocycles. The Labute approximate surface area is 129 Å². The lowest BCUT2D eigenvalue weighted by molar-refractivity contribution is 0.0607. The zero-order valence-corrected chi connectivity index (χ0v) is 13.3. The van der Waals surface area contributed by atoms with Crippen LogP contribution in [0.3, 0.4) is 0 Å². The van der Waals surface area contributed by atoms with Gasteiger partial charge in [-0.2, -0.15) is 5.26 Å². The summed E-state index contributed by atoms with van der Waals surface area (Å²) in [4.78, 5) is 14.1. The Kier molecular flexibility index (Phi) is 5.07. The van der Waals surface area contributed by atoms with E-state index >= 15 is 0 Å². The van der Waals surface area contributed by atoms with Crippen LogP contribution in [0.5, 0.6) is 0 Å². The molecule has 0 radical (unpaired) electrons. The highest BCUT2D eigenvalue weighted by Gasteiger charge is 2.25. The average Bonchev–Trinajstić information content (AvgIpc) is 2.84. The predicted molar refractivity (Wildman–Crippen MR) is 84.6 cm³/mol. The summed E-state index contributed by atoms with van der Waals surface area (Å²) in [6.45, 7) is 0.898. The van der Waals surface area contributed by atoms with Crippen molar-refractivity contribution in [1.82, 2.24) is 0 Å². The molecule has 2 N–H and O–H groups in total. The molecule has 0 bridgehead atoms. The van der Waals surface area contributed by atoms with Gasteiger partial charge in [-0.3, -0.25) is 0 Å². The number of carbonyl (C=O) groups is 1. The van der Waals surface area contributed by atoms with Crippen LogP contribution in [0.25, 0.3) is 0 Å². The van der Waals surface area contributed by atoms with Crippen LogP contribution in [0.15, 0.2) is 0 Å². The van der Waals surface area contributed by atoms with Gasteiger partial charge in [-0.1, -0.05) is 19.3 Å². The molecule has 1 fully saturated rings. The number of carbonyl (C=O) groups excluding carboxylic acids is 1. The van der Waals surface area contributed by atoms with E-state index in [4.69, 9.17) is 10.5 Å². The molecule has 0 spiro atoms. The highest BCUT2D eigenvalue weighted by Crippen LogP contribution is 2.38. The minimum Gasteiger partial charge on any atom is -0.465 e. The molecular formula is C15H21N3O2S. The highest BCUT2D eigenvalue weighted by molar-refractivity contribution is 7.18. The van der Waals surface area contributed by atoms with Gasteiger partial charge in [0, 0.05) is 13.6 Å². The summed E-state index contributed by atoms with van der Waals surface area (Å²) in [6.07, 6.45) is 6.35. The first-order valence-electron chi connectivity index (χ1n) is 7.20. The van der Waals surface area contributed by atoms with Crippen LogP contribution in [0.1, 0.15) is 47.3 Å². The van der Waals surface area contributed by atoms with E-state index < -0.39 is 5.97 Å². The van der Waals surface area contributed by atoms with Crippen LogP contribution in [-0.2, 0) is 4.74 Å². The van der Waals surface area contributed by atoms with Gasteiger partial charge in [-0.05, 0) is 18.8 Å². The van der Waals surface area contributed by atoms with Crippen LogP contribution in [0.4, 0.5) is 10.7 Å². The third-order valence-corrected chi connectivity index (χ3v) is 5.31. The van der Waals surface area contributed by atoms with E-state index in [1.54, 1.807) is 0 Å². The van der Waals surface area contributed by atoms with E-state index in [1.807, 2.05) is 7.05 Å². The molecule has 0 amide bonds. The summed E-state index contributed by atoms with van der Waals surface area (Å²) in [7, 11) is 3.28. The second kappa shape index (κ2) is 6.81. The van der Waals surface area contributed by atoms with Gasteiger partial charge in [0.05, 0.1) is 12.8 Å². The summed E-state index contributed by atoms with van der Waals surface area (Å²) >= 11 is 1.24. The summed E-state index contributed by atoms with van der Waals surface area (Å²) in [5.41, 5.74) is 6.55. The summed E-state index contributed by atoms with van der Waals surface area (Å²) in [6, 6.07) is 2.12. The second-order valence-electron chi connectivity index (χ2n) is 5.51. The van der Waals surface area contributed by atoms with Crippen LogP contribution >= 0.6 is 11.3 Å². The Morgan fingerprint density at radius 1 is 1.48 bits per heavy atom. The molecule has 0 unspecified atom stereocenters. The minimum atomic E-state index is -0.480. The Bertz CT molecular complexity index is 556. The first-order valence-corrected chi connectivity index (χ1v) is 8.02. The zero-order chi connectivity index (χ0) is 15.4. The van der Waals surface area contributed by atoms with Crippen molar-refractivity contribution in [2.75, 3.05) is 31.3 Å². The average molecular weight is 307 g/mol. The Balaban J connectivity index is 2.21. The van der Waals surface area contributed by atoms with Gasteiger partial charge in [0.1, 0.15) is 21.5 Å². The van der Waals surface area contributed by atoms with Crippen molar-refractivity contribution in [1.29, 1.82) is 5.26 Å². The quantitative estimate of drug-likeness (QED) is 0.865. The van der Waals surface area contributed by atoms with Gasteiger partial charge in [0.2, 0.25) is 0 Å². The molecule has 1 aliphatic rings. The fourth-order valence-corrected chi connectivity index (χ4v) is 3.95. The Hall–Kier alpha value is -1.74. The lowest BCUT2D eigenvalue weighted by atomic mass is 9.89. The first kappa shape index (κ1) is 15.6. The third-order valence-electron chi connectivity index (χ3n) is 4.01. The molecule has 0 atom stereocenters. The van der Waals surface area contributed by atoms with Crippen LogP contribution in [0, 0.1) is 17.2 Å². The topological polar surface area (TPSA) is 79.3 Å². The molecule has 1 aromatic heterocycles. The van der Waals surface area contributed by atoms with E-state index in [9.17, 15) is 10.1 Å². The normalized spacial score (nSPS) is 15.5. The largest absolute Gasteiger partial charge is 0.465 e. The van der Waals surface area contributed by atoms with E-state index in [-0.39, 0.29) is 5.69 Å². The van der Waals surface area contributed by atoms with Crippen molar-refractivity contribution < 1.29 is 9.53 Å². The van der Waals surface area contributed by atoms with Crippen molar-refractivity contribution in [3.8, 4) is 6.07 Å². The van der Waals surface area contributed by atoms with Gasteiger partial charge in [0.15, 0.2) is 0 Å². The number of nitrogen functional groups attached to an aromatic ring is 1. The number of anilines is 2. The van der Waals surface area contributed by atoms with Crippen molar-refractivity contribution in [3.63, 3.8) is 0 Å². The zero-order valence-electron chi connectivity index (χ0n) is 12.5. The number of nitriles is 1. The first-order chi connectivity index (χ1) is 10.1. The maximum atomic E-state index is 11.7. The molecule has 1 aromatic rings. The number of methoxy groups -OCH3 is 1. The molecule has 21 heavy (non-hydrogen) atoms. The van der Waals surface area contributed by atoms with Crippen molar-refractivity contribution in [2.24, 2.45) is 5.92 Å². The molecule has 0 aliphatic heterocycles. The number of nitrogens with zero attached hydrogens (tertiary/aromatic N) is 2. The number of hydrogen-bond donors (Lipinski definition) is 1. The van der Waals surface area contributed by atoms with Gasteiger partial charge in [0.25, 0.3) is 0 Å². The summed E-state index contributed by atoms with van der Waals surface area (Å²) in [5.74, 6) is 0.173. The predicted octanol–water partition coefficient (Wildman–Crippen LogP) is 3.01. The molecule has 0 saturated heterocycles. The Morgan fingerprint density at radius 2 is 2.14 bits per heavy atom. The van der Waals surface area contributed by atoms with Gasteiger partial charge in [-0.15, -0.1) is 11.3 Å². The molecule has 5 nitrogen and oxygen atoms in total. The fourth-order valence-electron chi connectivity index (χ4n) is 2.89. The summed E-state index contributed by atoms with van der Waals surface area (Å²) < 4.78 is 4.72.